The van der Waals surface area contributed by atoms with E-state index in [0.29, 0.717) is 5.69 Å². The molecule has 1 amide bonds. The molecule has 3 aromatic rings. The van der Waals surface area contributed by atoms with Crippen molar-refractivity contribution in [3.63, 3.8) is 0 Å². The molecule has 2 heterocycles. The Labute approximate surface area is 160 Å². The lowest BCUT2D eigenvalue weighted by atomic mass is 10.0. The van der Waals surface area contributed by atoms with E-state index in [9.17, 15) is 14.7 Å². The number of nitrogens with zero attached hydrogens (tertiary/aromatic N) is 3. The minimum Gasteiger partial charge on any atom is -0.477 e. The Bertz CT molecular complexity index is 1070. The number of hydrogen-bond acceptors (Lipinski definition) is 5. The fourth-order valence-corrected chi connectivity index (χ4v) is 2.99. The molecule has 4 rings (SSSR count). The van der Waals surface area contributed by atoms with Gasteiger partial charge in [-0.1, -0.05) is 53.2 Å². The molecule has 140 valence electrons. The van der Waals surface area contributed by atoms with Crippen LogP contribution in [0.1, 0.15) is 27.7 Å². The number of carbonyl (C=O) groups excluding carboxylic acids is 1. The highest BCUT2D eigenvalue weighted by molar-refractivity contribution is 6.07. The smallest absolute Gasteiger partial charge is 0.352 e. The Morgan fingerprint density at radius 1 is 1.11 bits per heavy atom. The molecular formula is C20H17N5O3. The first-order valence-electron chi connectivity index (χ1n) is 8.63. The monoisotopic (exact) mass is 375 g/mol. The second-order valence-corrected chi connectivity index (χ2v) is 6.42. The molecule has 2 aromatic carbocycles. The Hall–Kier alpha value is -3.94. The lowest BCUT2D eigenvalue weighted by Crippen LogP contribution is -2.25. The number of carboxylic acids is 1. The number of aryl methyl sites for hydroxylation is 1. The third kappa shape index (κ3) is 3.23. The van der Waals surface area contributed by atoms with Crippen molar-refractivity contribution in [1.29, 1.82) is 0 Å². The van der Waals surface area contributed by atoms with Crippen molar-refractivity contribution in [2.45, 2.75) is 13.0 Å². The van der Waals surface area contributed by atoms with Crippen molar-refractivity contribution in [1.82, 2.24) is 15.0 Å². The maximum Gasteiger partial charge on any atom is 0.352 e. The normalized spacial score (nSPS) is 15.2. The maximum atomic E-state index is 12.7. The summed E-state index contributed by atoms with van der Waals surface area (Å²) in [7, 11) is 0. The molecule has 0 bridgehead atoms. The Balaban J connectivity index is 1.70. The molecule has 0 spiro atoms. The highest BCUT2D eigenvalue weighted by atomic mass is 16.4. The van der Waals surface area contributed by atoms with Gasteiger partial charge >= 0.3 is 5.97 Å². The number of fused-ring (bicyclic) bond motifs is 1. The molecule has 1 aliphatic rings. The van der Waals surface area contributed by atoms with Crippen molar-refractivity contribution in [2.24, 2.45) is 0 Å². The van der Waals surface area contributed by atoms with Crippen molar-refractivity contribution >= 4 is 23.4 Å². The third-order valence-electron chi connectivity index (χ3n) is 4.43. The van der Waals surface area contributed by atoms with Crippen LogP contribution in [0.15, 0.2) is 66.4 Å². The number of benzene rings is 2. The molecule has 8 nitrogen and oxygen atoms in total. The van der Waals surface area contributed by atoms with Crippen LogP contribution >= 0.6 is 0 Å². The molecule has 0 saturated carbocycles. The number of allylic oxidation sites excluding steroid dienone is 1. The standard InChI is InChI=1S/C20H17N5O3/c1-12-7-9-14(10-8-12)21-19(26)17-18-22-15(20(27)28)11-16(25(18)24-23-17)13-5-3-2-4-6-13/h2-11,16,22H,1H3,(H,21,26)(H,27,28). The summed E-state index contributed by atoms with van der Waals surface area (Å²) in [4.78, 5) is 24.3. The first-order valence-corrected chi connectivity index (χ1v) is 8.63. The van der Waals surface area contributed by atoms with Gasteiger partial charge in [-0.2, -0.15) is 0 Å². The van der Waals surface area contributed by atoms with Crippen molar-refractivity contribution in [2.75, 3.05) is 10.6 Å². The van der Waals surface area contributed by atoms with E-state index in [-0.39, 0.29) is 17.2 Å². The van der Waals surface area contributed by atoms with Crippen LogP contribution < -0.4 is 10.6 Å². The Morgan fingerprint density at radius 2 is 1.82 bits per heavy atom. The lowest BCUT2D eigenvalue weighted by molar-refractivity contribution is -0.132. The minimum atomic E-state index is -1.13. The van der Waals surface area contributed by atoms with Gasteiger partial charge in [0.25, 0.3) is 5.91 Å². The Morgan fingerprint density at radius 3 is 2.50 bits per heavy atom. The van der Waals surface area contributed by atoms with Crippen LogP contribution in [0.4, 0.5) is 11.5 Å². The van der Waals surface area contributed by atoms with Gasteiger partial charge in [-0.25, -0.2) is 9.48 Å². The number of anilines is 2. The average molecular weight is 375 g/mol. The predicted octanol–water partition coefficient (Wildman–Crippen LogP) is 2.82. The van der Waals surface area contributed by atoms with Gasteiger partial charge in [0.15, 0.2) is 11.5 Å². The third-order valence-corrected chi connectivity index (χ3v) is 4.43. The summed E-state index contributed by atoms with van der Waals surface area (Å²) in [5.74, 6) is -1.37. The molecule has 0 fully saturated rings. The Kier molecular flexibility index (Phi) is 4.36. The topological polar surface area (TPSA) is 109 Å². The summed E-state index contributed by atoms with van der Waals surface area (Å²) >= 11 is 0. The zero-order chi connectivity index (χ0) is 19.7. The minimum absolute atomic E-state index is 0.0216. The van der Waals surface area contributed by atoms with Gasteiger partial charge in [-0.15, -0.1) is 5.10 Å². The number of carboxylic acid groups (broad SMARTS) is 1. The average Bonchev–Trinajstić information content (AvgIpc) is 3.14. The van der Waals surface area contributed by atoms with E-state index in [0.717, 1.165) is 11.1 Å². The lowest BCUT2D eigenvalue weighted by Gasteiger charge is -2.23. The van der Waals surface area contributed by atoms with E-state index >= 15 is 0 Å². The number of nitrogens with one attached hydrogen (secondary N) is 2. The van der Waals surface area contributed by atoms with Crippen LogP contribution in [0.5, 0.6) is 0 Å². The van der Waals surface area contributed by atoms with Gasteiger partial charge in [-0.3, -0.25) is 4.79 Å². The summed E-state index contributed by atoms with van der Waals surface area (Å²) in [6.07, 6.45) is 1.54. The van der Waals surface area contributed by atoms with Crippen LogP contribution in [0.25, 0.3) is 0 Å². The van der Waals surface area contributed by atoms with Crippen molar-refractivity contribution < 1.29 is 14.7 Å². The fourth-order valence-electron chi connectivity index (χ4n) is 2.99. The zero-order valence-corrected chi connectivity index (χ0v) is 15.0. The number of carbonyl (C=O) groups is 2. The molecule has 8 heteroatoms. The van der Waals surface area contributed by atoms with Crippen molar-refractivity contribution in [3.8, 4) is 0 Å². The first-order chi connectivity index (χ1) is 13.5. The van der Waals surface area contributed by atoms with Crippen LogP contribution in [0.2, 0.25) is 0 Å². The molecule has 0 radical (unpaired) electrons. The van der Waals surface area contributed by atoms with E-state index in [4.69, 9.17) is 0 Å². The van der Waals surface area contributed by atoms with Crippen molar-refractivity contribution in [3.05, 3.63) is 83.2 Å². The molecular weight excluding hydrogens is 358 g/mol. The number of aromatic nitrogens is 3. The molecule has 1 aromatic heterocycles. The molecule has 1 aliphatic heterocycles. The zero-order valence-electron chi connectivity index (χ0n) is 15.0. The summed E-state index contributed by atoms with van der Waals surface area (Å²) in [5.41, 5.74) is 2.50. The summed E-state index contributed by atoms with van der Waals surface area (Å²) in [6, 6.07) is 16.1. The molecule has 1 atom stereocenters. The summed E-state index contributed by atoms with van der Waals surface area (Å²) in [5, 5.41) is 23.1. The van der Waals surface area contributed by atoms with Crippen LogP contribution in [0.3, 0.4) is 0 Å². The van der Waals surface area contributed by atoms with Gasteiger partial charge in [-0.05, 0) is 30.7 Å². The second kappa shape index (κ2) is 6.99. The van der Waals surface area contributed by atoms with Gasteiger partial charge in [0, 0.05) is 5.69 Å². The van der Waals surface area contributed by atoms with E-state index < -0.39 is 17.9 Å². The molecule has 0 saturated heterocycles. The van der Waals surface area contributed by atoms with E-state index in [1.165, 1.54) is 4.68 Å². The number of aliphatic carboxylic acids is 1. The molecule has 0 aliphatic carbocycles. The van der Waals surface area contributed by atoms with Gasteiger partial charge in [0.2, 0.25) is 0 Å². The van der Waals surface area contributed by atoms with Gasteiger partial charge < -0.3 is 15.7 Å². The predicted molar refractivity (Wildman–Crippen MR) is 103 cm³/mol. The maximum absolute atomic E-state index is 12.7. The second-order valence-electron chi connectivity index (χ2n) is 6.42. The fraction of sp³-hybridized carbons (Fsp3) is 0.100. The van der Waals surface area contributed by atoms with Gasteiger partial charge in [0.05, 0.1) is 0 Å². The largest absolute Gasteiger partial charge is 0.477 e. The summed E-state index contributed by atoms with van der Waals surface area (Å²) < 4.78 is 1.51. The van der Waals surface area contributed by atoms with Crippen LogP contribution in [0, 0.1) is 6.92 Å². The quantitative estimate of drug-likeness (QED) is 0.647. The number of amides is 1. The van der Waals surface area contributed by atoms with E-state index in [1.807, 2.05) is 49.4 Å². The summed E-state index contributed by atoms with van der Waals surface area (Å²) in [6.45, 7) is 1.95. The number of rotatable bonds is 4. The molecule has 1 unspecified atom stereocenters. The molecule has 28 heavy (non-hydrogen) atoms. The first kappa shape index (κ1) is 17.5. The van der Waals surface area contributed by atoms with Gasteiger partial charge in [0.1, 0.15) is 11.7 Å². The highest BCUT2D eigenvalue weighted by Gasteiger charge is 2.30. The van der Waals surface area contributed by atoms with Crippen LogP contribution in [-0.4, -0.2) is 32.0 Å². The molecule has 3 N–H and O–H groups in total. The highest BCUT2D eigenvalue weighted by Crippen LogP contribution is 2.31. The van der Waals surface area contributed by atoms with E-state index in [2.05, 4.69) is 20.9 Å². The van der Waals surface area contributed by atoms with E-state index in [1.54, 1.807) is 18.2 Å². The van der Waals surface area contributed by atoms with Crippen LogP contribution in [-0.2, 0) is 4.79 Å². The number of hydrogen-bond donors (Lipinski definition) is 3. The SMILES string of the molecule is Cc1ccc(NC(=O)c2nnn3c2NC(C(=O)O)=CC3c2ccccc2)cc1.